The van der Waals surface area contributed by atoms with Gasteiger partial charge >= 0.3 is 0 Å². The van der Waals surface area contributed by atoms with Gasteiger partial charge in [-0.25, -0.2) is 14.1 Å². The Hall–Kier alpha value is -2.28. The third-order valence-electron chi connectivity index (χ3n) is 3.90. The summed E-state index contributed by atoms with van der Waals surface area (Å²) in [5.74, 6) is 0.812. The van der Waals surface area contributed by atoms with Crippen LogP contribution in [0.15, 0.2) is 18.2 Å². The van der Waals surface area contributed by atoms with E-state index in [1.54, 1.807) is 19.2 Å². The van der Waals surface area contributed by atoms with Crippen LogP contribution in [0.4, 0.5) is 10.1 Å². The maximum absolute atomic E-state index is 13.9. The minimum atomic E-state index is -0.498. The van der Waals surface area contributed by atoms with E-state index in [2.05, 4.69) is 15.4 Å². The number of anilines is 1. The molecule has 122 valence electrons. The normalized spacial score (nSPS) is 16.9. The van der Waals surface area contributed by atoms with E-state index in [0.29, 0.717) is 24.7 Å². The van der Waals surface area contributed by atoms with Crippen LogP contribution in [0.2, 0.25) is 0 Å². The van der Waals surface area contributed by atoms with Crippen molar-refractivity contribution < 1.29 is 13.9 Å². The lowest BCUT2D eigenvalue weighted by Crippen LogP contribution is -2.32. The minimum Gasteiger partial charge on any atom is -0.380 e. The minimum absolute atomic E-state index is 0.0690. The lowest BCUT2D eigenvalue weighted by molar-refractivity contribution is 0.101. The molecule has 1 N–H and O–H groups in total. The number of fused-ring (bicyclic) bond motifs is 1. The molecule has 0 aliphatic carbocycles. The van der Waals surface area contributed by atoms with Crippen molar-refractivity contribution in [2.45, 2.75) is 39.0 Å². The molecule has 1 aliphatic rings. The molecule has 0 amide bonds. The van der Waals surface area contributed by atoms with Crippen LogP contribution in [0.25, 0.3) is 0 Å². The van der Waals surface area contributed by atoms with E-state index >= 15 is 0 Å². The molecular formula is C16H19FN4O2. The Balaban J connectivity index is 1.77. The fraction of sp³-hybridized carbons (Fsp3) is 0.438. The van der Waals surface area contributed by atoms with Crippen LogP contribution in [0.3, 0.4) is 0 Å². The van der Waals surface area contributed by atoms with E-state index in [1.165, 1.54) is 13.0 Å². The maximum atomic E-state index is 13.9. The summed E-state index contributed by atoms with van der Waals surface area (Å²) in [6.07, 6.45) is 1.62. The van der Waals surface area contributed by atoms with Crippen LogP contribution in [-0.4, -0.2) is 33.7 Å². The number of ether oxygens (including phenoxy) is 1. The van der Waals surface area contributed by atoms with E-state index in [4.69, 9.17) is 4.74 Å². The third-order valence-corrected chi connectivity index (χ3v) is 3.90. The summed E-state index contributed by atoms with van der Waals surface area (Å²) >= 11 is 0. The van der Waals surface area contributed by atoms with Gasteiger partial charge in [0.15, 0.2) is 11.6 Å². The van der Waals surface area contributed by atoms with Crippen LogP contribution in [0, 0.1) is 5.82 Å². The van der Waals surface area contributed by atoms with E-state index in [-0.39, 0.29) is 17.4 Å². The van der Waals surface area contributed by atoms with Gasteiger partial charge in [-0.05, 0) is 25.5 Å². The number of aromatic nitrogens is 3. The summed E-state index contributed by atoms with van der Waals surface area (Å²) in [5.41, 5.74) is 0.639. The van der Waals surface area contributed by atoms with Crippen molar-refractivity contribution in [2.75, 3.05) is 12.4 Å². The van der Waals surface area contributed by atoms with Gasteiger partial charge in [-0.1, -0.05) is 6.07 Å². The fourth-order valence-electron chi connectivity index (χ4n) is 2.89. The first-order valence-corrected chi connectivity index (χ1v) is 7.56. The Bertz CT molecular complexity index is 729. The predicted molar refractivity (Wildman–Crippen MR) is 82.9 cm³/mol. The molecular weight excluding hydrogens is 299 g/mol. The van der Waals surface area contributed by atoms with Crippen LogP contribution in [0.5, 0.6) is 0 Å². The molecule has 7 heteroatoms. The van der Waals surface area contributed by atoms with Crippen molar-refractivity contribution in [2.24, 2.45) is 0 Å². The first kappa shape index (κ1) is 15.6. The number of ketones is 1. The number of halogens is 1. The molecule has 0 bridgehead atoms. The molecule has 0 saturated heterocycles. The molecule has 1 aliphatic heterocycles. The second-order valence-corrected chi connectivity index (χ2v) is 5.66. The van der Waals surface area contributed by atoms with E-state index in [0.717, 1.165) is 18.7 Å². The predicted octanol–water partition coefficient (Wildman–Crippen LogP) is 2.19. The number of nitrogens with zero attached hydrogens (tertiary/aromatic N) is 3. The summed E-state index contributed by atoms with van der Waals surface area (Å²) in [6, 6.07) is 4.70. The SMILES string of the molecule is COCc1nc2n(n1)C[C@@H](Nc1cccc(F)c1C(C)=O)CC2. The first-order valence-electron chi connectivity index (χ1n) is 7.56. The molecule has 1 atom stereocenters. The summed E-state index contributed by atoms with van der Waals surface area (Å²) in [5, 5.41) is 7.68. The van der Waals surface area contributed by atoms with Crippen LogP contribution in [-0.2, 0) is 24.3 Å². The highest BCUT2D eigenvalue weighted by Gasteiger charge is 2.23. The zero-order valence-corrected chi connectivity index (χ0v) is 13.2. The van der Waals surface area contributed by atoms with Crippen LogP contribution < -0.4 is 5.32 Å². The summed E-state index contributed by atoms with van der Waals surface area (Å²) in [4.78, 5) is 16.1. The molecule has 1 aromatic carbocycles. The van der Waals surface area contributed by atoms with Crippen molar-refractivity contribution in [3.8, 4) is 0 Å². The number of nitrogens with one attached hydrogen (secondary N) is 1. The van der Waals surface area contributed by atoms with Gasteiger partial charge in [-0.2, -0.15) is 5.10 Å². The zero-order valence-electron chi connectivity index (χ0n) is 13.2. The van der Waals surface area contributed by atoms with Crippen molar-refractivity contribution >= 4 is 11.5 Å². The number of methoxy groups -OCH3 is 1. The van der Waals surface area contributed by atoms with Gasteiger partial charge in [0.1, 0.15) is 18.2 Å². The van der Waals surface area contributed by atoms with Crippen LogP contribution in [0.1, 0.15) is 35.4 Å². The van der Waals surface area contributed by atoms with Gasteiger partial charge in [0, 0.05) is 25.3 Å². The van der Waals surface area contributed by atoms with Gasteiger partial charge < -0.3 is 10.1 Å². The Morgan fingerprint density at radius 3 is 3.09 bits per heavy atom. The average Bonchev–Trinajstić information content (AvgIpc) is 2.89. The van der Waals surface area contributed by atoms with Crippen molar-refractivity contribution in [1.82, 2.24) is 14.8 Å². The Morgan fingerprint density at radius 2 is 2.35 bits per heavy atom. The monoisotopic (exact) mass is 318 g/mol. The Kier molecular flexibility index (Phi) is 4.38. The van der Waals surface area contributed by atoms with Gasteiger partial charge in [0.2, 0.25) is 0 Å². The second kappa shape index (κ2) is 6.45. The van der Waals surface area contributed by atoms with E-state index in [1.807, 2.05) is 4.68 Å². The van der Waals surface area contributed by atoms with Gasteiger partial charge in [0.05, 0.1) is 12.1 Å². The number of aryl methyl sites for hydroxylation is 1. The van der Waals surface area contributed by atoms with Crippen molar-refractivity contribution in [1.29, 1.82) is 0 Å². The molecule has 6 nitrogen and oxygen atoms in total. The molecule has 0 spiro atoms. The molecule has 0 radical (unpaired) electrons. The molecule has 0 fully saturated rings. The second-order valence-electron chi connectivity index (χ2n) is 5.66. The topological polar surface area (TPSA) is 69.0 Å². The summed E-state index contributed by atoms with van der Waals surface area (Å²) in [6.45, 7) is 2.38. The lowest BCUT2D eigenvalue weighted by atomic mass is 10.0. The fourth-order valence-corrected chi connectivity index (χ4v) is 2.89. The van der Waals surface area contributed by atoms with E-state index in [9.17, 15) is 9.18 Å². The van der Waals surface area contributed by atoms with Crippen molar-refractivity contribution in [3.05, 3.63) is 41.2 Å². The quantitative estimate of drug-likeness (QED) is 0.856. The molecule has 0 saturated carbocycles. The highest BCUT2D eigenvalue weighted by Crippen LogP contribution is 2.23. The van der Waals surface area contributed by atoms with Crippen LogP contribution >= 0.6 is 0 Å². The number of benzene rings is 1. The van der Waals surface area contributed by atoms with Gasteiger partial charge in [-0.3, -0.25) is 4.79 Å². The van der Waals surface area contributed by atoms with Gasteiger partial charge in [0.25, 0.3) is 0 Å². The summed E-state index contributed by atoms with van der Waals surface area (Å²) in [7, 11) is 1.61. The van der Waals surface area contributed by atoms with Gasteiger partial charge in [-0.15, -0.1) is 0 Å². The number of carbonyl (C=O) groups is 1. The van der Waals surface area contributed by atoms with Crippen molar-refractivity contribution in [3.63, 3.8) is 0 Å². The number of hydrogen-bond acceptors (Lipinski definition) is 5. The largest absolute Gasteiger partial charge is 0.380 e. The average molecular weight is 318 g/mol. The zero-order chi connectivity index (χ0) is 16.4. The highest BCUT2D eigenvalue weighted by atomic mass is 19.1. The molecule has 3 rings (SSSR count). The lowest BCUT2D eigenvalue weighted by Gasteiger charge is -2.25. The molecule has 0 unspecified atom stereocenters. The Morgan fingerprint density at radius 1 is 1.52 bits per heavy atom. The maximum Gasteiger partial charge on any atom is 0.176 e. The standard InChI is InChI=1S/C16H19FN4O2/c1-10(22)16-12(17)4-3-5-13(16)18-11-6-7-15-19-14(9-23-2)20-21(15)8-11/h3-5,11,18H,6-9H2,1-2H3/t11-/m0/s1. The number of carbonyl (C=O) groups excluding carboxylic acids is 1. The molecule has 2 aromatic rings. The smallest absolute Gasteiger partial charge is 0.176 e. The molecule has 1 aromatic heterocycles. The van der Waals surface area contributed by atoms with E-state index < -0.39 is 5.82 Å². The third kappa shape index (κ3) is 3.24. The number of Topliss-reactive ketones (excluding diaryl/α,β-unsaturated/α-hetero) is 1. The first-order chi connectivity index (χ1) is 11.1. The molecule has 23 heavy (non-hydrogen) atoms. The summed E-state index contributed by atoms with van der Waals surface area (Å²) < 4.78 is 20.8. The number of hydrogen-bond donors (Lipinski definition) is 1. The Labute approximate surface area is 133 Å². The molecule has 2 heterocycles. The highest BCUT2D eigenvalue weighted by molar-refractivity contribution is 5.99. The number of rotatable bonds is 5.